The fourth-order valence-electron chi connectivity index (χ4n) is 3.84. The second-order valence-electron chi connectivity index (χ2n) is 8.34. The molecule has 0 saturated carbocycles. The molecule has 2 atom stereocenters. The SMILES string of the molecule is CC(C(=O)NCc1cc(F)ccc1F)C(=O)NC1N=C(c2ccccc2)c2ccccc2N(C)C1=O. The van der Waals surface area contributed by atoms with Crippen molar-refractivity contribution >= 4 is 29.1 Å². The predicted octanol–water partition coefficient (Wildman–Crippen LogP) is 3.17. The molecule has 0 radical (unpaired) electrons. The molecule has 0 bridgehead atoms. The molecule has 3 amide bonds. The highest BCUT2D eigenvalue weighted by molar-refractivity contribution is 6.20. The van der Waals surface area contributed by atoms with Crippen molar-refractivity contribution in [1.29, 1.82) is 0 Å². The molecule has 7 nitrogen and oxygen atoms in total. The minimum Gasteiger partial charge on any atom is -0.351 e. The number of hydrogen-bond donors (Lipinski definition) is 2. The molecule has 1 aliphatic heterocycles. The van der Waals surface area contributed by atoms with E-state index in [4.69, 9.17) is 0 Å². The van der Waals surface area contributed by atoms with Crippen LogP contribution in [0.1, 0.15) is 23.6 Å². The topological polar surface area (TPSA) is 90.9 Å². The van der Waals surface area contributed by atoms with Crippen molar-refractivity contribution in [3.05, 3.63) is 101 Å². The number of carbonyl (C=O) groups excluding carboxylic acids is 3. The number of amides is 3. The smallest absolute Gasteiger partial charge is 0.272 e. The van der Waals surface area contributed by atoms with Gasteiger partial charge in [0, 0.05) is 30.3 Å². The number of aliphatic imine (C=N–C) groups is 1. The number of halogens is 2. The second-order valence-corrected chi connectivity index (χ2v) is 8.34. The zero-order valence-electron chi connectivity index (χ0n) is 19.7. The molecule has 2 unspecified atom stereocenters. The number of likely N-dealkylation sites (N-methyl/N-ethyl adjacent to an activating group) is 1. The van der Waals surface area contributed by atoms with E-state index in [1.165, 1.54) is 11.8 Å². The van der Waals surface area contributed by atoms with Gasteiger partial charge < -0.3 is 15.5 Å². The summed E-state index contributed by atoms with van der Waals surface area (Å²) in [5, 5.41) is 4.99. The number of benzodiazepines with no additional fused rings is 1. The largest absolute Gasteiger partial charge is 0.351 e. The molecule has 2 N–H and O–H groups in total. The monoisotopic (exact) mass is 490 g/mol. The average Bonchev–Trinajstić information content (AvgIpc) is 2.99. The van der Waals surface area contributed by atoms with Gasteiger partial charge in [-0.3, -0.25) is 14.4 Å². The third-order valence-corrected chi connectivity index (χ3v) is 5.92. The third-order valence-electron chi connectivity index (χ3n) is 5.92. The Kier molecular flexibility index (Phi) is 7.19. The maximum atomic E-state index is 13.8. The Hall–Kier alpha value is -4.40. The molecule has 184 valence electrons. The predicted molar refractivity (Wildman–Crippen MR) is 131 cm³/mol. The van der Waals surface area contributed by atoms with Crippen molar-refractivity contribution in [3.8, 4) is 0 Å². The highest BCUT2D eigenvalue weighted by Crippen LogP contribution is 2.27. The van der Waals surface area contributed by atoms with E-state index in [2.05, 4.69) is 15.6 Å². The van der Waals surface area contributed by atoms with Gasteiger partial charge in [-0.05, 0) is 31.2 Å². The molecule has 9 heteroatoms. The number of hydrogen-bond acceptors (Lipinski definition) is 4. The van der Waals surface area contributed by atoms with Gasteiger partial charge in [-0.15, -0.1) is 0 Å². The lowest BCUT2D eigenvalue weighted by atomic mass is 10.0. The van der Waals surface area contributed by atoms with Crippen LogP contribution in [0.5, 0.6) is 0 Å². The molecule has 1 aliphatic rings. The summed E-state index contributed by atoms with van der Waals surface area (Å²) in [7, 11) is 1.59. The molecule has 0 aliphatic carbocycles. The highest BCUT2D eigenvalue weighted by atomic mass is 19.1. The lowest BCUT2D eigenvalue weighted by molar-refractivity contribution is -0.136. The van der Waals surface area contributed by atoms with Crippen molar-refractivity contribution in [3.63, 3.8) is 0 Å². The van der Waals surface area contributed by atoms with Crippen LogP contribution < -0.4 is 15.5 Å². The average molecular weight is 491 g/mol. The number of rotatable bonds is 6. The maximum Gasteiger partial charge on any atom is 0.272 e. The zero-order chi connectivity index (χ0) is 25.8. The van der Waals surface area contributed by atoms with Gasteiger partial charge in [0.15, 0.2) is 0 Å². The van der Waals surface area contributed by atoms with E-state index in [1.807, 2.05) is 42.5 Å². The van der Waals surface area contributed by atoms with E-state index in [-0.39, 0.29) is 12.1 Å². The van der Waals surface area contributed by atoms with Gasteiger partial charge in [0.25, 0.3) is 5.91 Å². The zero-order valence-corrected chi connectivity index (χ0v) is 19.7. The molecule has 0 spiro atoms. The fourth-order valence-corrected chi connectivity index (χ4v) is 3.84. The van der Waals surface area contributed by atoms with Gasteiger partial charge >= 0.3 is 0 Å². The molecule has 0 aromatic heterocycles. The number of nitrogens with one attached hydrogen (secondary N) is 2. The lowest BCUT2D eigenvalue weighted by Gasteiger charge is -2.21. The van der Waals surface area contributed by atoms with Gasteiger partial charge in [-0.1, -0.05) is 48.5 Å². The van der Waals surface area contributed by atoms with E-state index in [0.717, 1.165) is 29.3 Å². The summed E-state index contributed by atoms with van der Waals surface area (Å²) in [4.78, 5) is 44.7. The van der Waals surface area contributed by atoms with Crippen LogP contribution in [0.2, 0.25) is 0 Å². The van der Waals surface area contributed by atoms with Gasteiger partial charge in [-0.2, -0.15) is 0 Å². The van der Waals surface area contributed by atoms with Crippen molar-refractivity contribution in [2.75, 3.05) is 11.9 Å². The first-order valence-electron chi connectivity index (χ1n) is 11.3. The summed E-state index contributed by atoms with van der Waals surface area (Å²) in [6.07, 6.45) is -1.28. The highest BCUT2D eigenvalue weighted by Gasteiger charge is 2.33. The minimum absolute atomic E-state index is 0.0496. The molecule has 0 saturated heterocycles. The Balaban J connectivity index is 1.54. The maximum absolute atomic E-state index is 13.8. The van der Waals surface area contributed by atoms with Crippen LogP contribution in [0, 0.1) is 17.6 Å². The number of carbonyl (C=O) groups is 3. The Labute approximate surface area is 206 Å². The van der Waals surface area contributed by atoms with E-state index < -0.39 is 41.4 Å². The van der Waals surface area contributed by atoms with E-state index in [0.29, 0.717) is 11.4 Å². The Morgan fingerprint density at radius 1 is 1.00 bits per heavy atom. The molecule has 3 aromatic carbocycles. The Morgan fingerprint density at radius 2 is 1.69 bits per heavy atom. The number of para-hydroxylation sites is 1. The van der Waals surface area contributed by atoms with E-state index in [1.54, 1.807) is 19.2 Å². The van der Waals surface area contributed by atoms with Gasteiger partial charge in [-0.25, -0.2) is 13.8 Å². The van der Waals surface area contributed by atoms with E-state index in [9.17, 15) is 23.2 Å². The summed E-state index contributed by atoms with van der Waals surface area (Å²) >= 11 is 0. The Morgan fingerprint density at radius 3 is 2.44 bits per heavy atom. The van der Waals surface area contributed by atoms with Crippen molar-refractivity contribution in [1.82, 2.24) is 10.6 Å². The molecule has 1 heterocycles. The van der Waals surface area contributed by atoms with Crippen LogP contribution in [-0.4, -0.2) is 36.6 Å². The number of fused-ring (bicyclic) bond motifs is 1. The van der Waals surface area contributed by atoms with Crippen LogP contribution in [0.15, 0.2) is 77.8 Å². The minimum atomic E-state index is -1.28. The van der Waals surface area contributed by atoms with Crippen LogP contribution in [0.25, 0.3) is 0 Å². The lowest BCUT2D eigenvalue weighted by Crippen LogP contribution is -2.49. The van der Waals surface area contributed by atoms with Gasteiger partial charge in [0.2, 0.25) is 18.0 Å². The summed E-state index contributed by atoms with van der Waals surface area (Å²) in [5.74, 6) is -4.46. The second kappa shape index (κ2) is 10.5. The first-order valence-corrected chi connectivity index (χ1v) is 11.3. The molecular weight excluding hydrogens is 466 g/mol. The standard InChI is InChI=1S/C27H24F2N4O3/c1-16(25(34)30-15-18-14-19(28)12-13-21(18)29)26(35)32-24-27(36)33(2)22-11-7-6-10-20(22)23(31-24)17-8-4-3-5-9-17/h3-14,16,24H,15H2,1-2H3,(H,30,34)(H,32,35). The van der Waals surface area contributed by atoms with Crippen LogP contribution in [-0.2, 0) is 20.9 Å². The Bertz CT molecular complexity index is 1340. The summed E-state index contributed by atoms with van der Waals surface area (Å²) in [6.45, 7) is 1.06. The van der Waals surface area contributed by atoms with Crippen molar-refractivity contribution in [2.24, 2.45) is 10.9 Å². The summed E-state index contributed by atoms with van der Waals surface area (Å²) in [5.41, 5.74) is 2.58. The fraction of sp³-hybridized carbons (Fsp3) is 0.185. The first-order chi connectivity index (χ1) is 17.3. The van der Waals surface area contributed by atoms with Gasteiger partial charge in [0.05, 0.1) is 11.4 Å². The summed E-state index contributed by atoms with van der Waals surface area (Å²) in [6, 6.07) is 19.4. The first kappa shape index (κ1) is 24.7. The quantitative estimate of drug-likeness (QED) is 0.520. The molecular formula is C27H24F2N4O3. The number of nitrogens with zero attached hydrogens (tertiary/aromatic N) is 2. The molecule has 4 rings (SSSR count). The third kappa shape index (κ3) is 5.14. The van der Waals surface area contributed by atoms with Gasteiger partial charge in [0.1, 0.15) is 17.6 Å². The molecule has 3 aromatic rings. The van der Waals surface area contributed by atoms with Crippen LogP contribution in [0.3, 0.4) is 0 Å². The van der Waals surface area contributed by atoms with Crippen molar-refractivity contribution < 1.29 is 23.2 Å². The summed E-state index contributed by atoms with van der Waals surface area (Å²) < 4.78 is 27.2. The normalized spacial score (nSPS) is 15.9. The van der Waals surface area contributed by atoms with Crippen LogP contribution in [0.4, 0.5) is 14.5 Å². The van der Waals surface area contributed by atoms with E-state index >= 15 is 0 Å². The van der Waals surface area contributed by atoms with Crippen molar-refractivity contribution in [2.45, 2.75) is 19.6 Å². The molecule has 36 heavy (non-hydrogen) atoms. The molecule has 0 fully saturated rings. The number of anilines is 1. The number of benzene rings is 3. The van der Waals surface area contributed by atoms with Crippen LogP contribution >= 0.6 is 0 Å².